The molecule has 0 saturated carbocycles. The second-order valence-corrected chi connectivity index (χ2v) is 5.28. The highest BCUT2D eigenvalue weighted by molar-refractivity contribution is 5.42. The van der Waals surface area contributed by atoms with E-state index in [1.54, 1.807) is 12.1 Å². The summed E-state index contributed by atoms with van der Waals surface area (Å²) in [6, 6.07) is 6.68. The van der Waals surface area contributed by atoms with Crippen molar-refractivity contribution in [2.24, 2.45) is 5.73 Å². The monoisotopic (exact) mass is 279 g/mol. The van der Waals surface area contributed by atoms with E-state index in [0.717, 1.165) is 13.1 Å². The average molecular weight is 279 g/mol. The SMILES string of the molecule is CC1CN(C(CN)c2ccccc2[N+](=O)[O-])CC(C)O1. The molecule has 1 heterocycles. The molecule has 1 fully saturated rings. The van der Waals surface area contributed by atoms with Gasteiger partial charge >= 0.3 is 0 Å². The van der Waals surface area contributed by atoms with Crippen LogP contribution in [0.2, 0.25) is 0 Å². The van der Waals surface area contributed by atoms with Crippen LogP contribution in [0.25, 0.3) is 0 Å². The van der Waals surface area contributed by atoms with Crippen LogP contribution in [-0.4, -0.2) is 41.7 Å². The van der Waals surface area contributed by atoms with E-state index in [9.17, 15) is 10.1 Å². The van der Waals surface area contributed by atoms with Crippen molar-refractivity contribution in [1.82, 2.24) is 4.90 Å². The Hall–Kier alpha value is -1.50. The highest BCUT2D eigenvalue weighted by atomic mass is 16.6. The van der Waals surface area contributed by atoms with Crippen molar-refractivity contribution in [3.05, 3.63) is 39.9 Å². The van der Waals surface area contributed by atoms with Gasteiger partial charge in [-0.1, -0.05) is 18.2 Å². The Morgan fingerprint density at radius 1 is 1.40 bits per heavy atom. The van der Waals surface area contributed by atoms with E-state index in [0.29, 0.717) is 12.1 Å². The molecule has 20 heavy (non-hydrogen) atoms. The summed E-state index contributed by atoms with van der Waals surface area (Å²) < 4.78 is 5.71. The fourth-order valence-corrected chi connectivity index (χ4v) is 2.88. The molecule has 0 radical (unpaired) electrons. The van der Waals surface area contributed by atoms with Gasteiger partial charge in [-0.3, -0.25) is 15.0 Å². The molecule has 0 amide bonds. The van der Waals surface area contributed by atoms with Crippen LogP contribution in [0.3, 0.4) is 0 Å². The normalized spacial score (nSPS) is 25.4. The second kappa shape index (κ2) is 6.30. The lowest BCUT2D eigenvalue weighted by Crippen LogP contribution is -2.48. The van der Waals surface area contributed by atoms with Crippen molar-refractivity contribution in [2.45, 2.75) is 32.1 Å². The predicted molar refractivity (Wildman–Crippen MR) is 76.5 cm³/mol. The number of hydrogen-bond acceptors (Lipinski definition) is 5. The van der Waals surface area contributed by atoms with Gasteiger partial charge in [0.15, 0.2) is 0 Å². The Balaban J connectivity index is 2.30. The van der Waals surface area contributed by atoms with E-state index in [2.05, 4.69) is 4.90 Å². The molecule has 3 atom stereocenters. The van der Waals surface area contributed by atoms with E-state index in [1.165, 1.54) is 6.07 Å². The molecular weight excluding hydrogens is 258 g/mol. The number of hydrogen-bond donors (Lipinski definition) is 1. The van der Waals surface area contributed by atoms with Crippen molar-refractivity contribution >= 4 is 5.69 Å². The first-order valence-corrected chi connectivity index (χ1v) is 6.85. The molecule has 1 aliphatic heterocycles. The number of morpholine rings is 1. The number of rotatable bonds is 4. The van der Waals surface area contributed by atoms with Crippen molar-refractivity contribution in [2.75, 3.05) is 19.6 Å². The Morgan fingerprint density at radius 3 is 2.55 bits per heavy atom. The zero-order valence-electron chi connectivity index (χ0n) is 11.9. The molecule has 2 rings (SSSR count). The van der Waals surface area contributed by atoms with Crippen LogP contribution in [0.4, 0.5) is 5.69 Å². The Kier molecular flexibility index (Phi) is 4.69. The van der Waals surface area contributed by atoms with Gasteiger partial charge in [-0.15, -0.1) is 0 Å². The summed E-state index contributed by atoms with van der Waals surface area (Å²) in [4.78, 5) is 13.0. The molecule has 1 saturated heterocycles. The van der Waals surface area contributed by atoms with Gasteiger partial charge in [0.05, 0.1) is 23.2 Å². The number of nitro benzene ring substituents is 1. The minimum atomic E-state index is -0.342. The van der Waals surface area contributed by atoms with Gasteiger partial charge < -0.3 is 10.5 Å². The maximum atomic E-state index is 11.2. The summed E-state index contributed by atoms with van der Waals surface area (Å²) >= 11 is 0. The third-order valence-corrected chi connectivity index (χ3v) is 3.60. The van der Waals surface area contributed by atoms with Crippen molar-refractivity contribution in [1.29, 1.82) is 0 Å². The van der Waals surface area contributed by atoms with Gasteiger partial charge in [0.2, 0.25) is 0 Å². The number of para-hydroxylation sites is 1. The molecule has 0 aromatic heterocycles. The van der Waals surface area contributed by atoms with Gasteiger partial charge in [-0.25, -0.2) is 0 Å². The van der Waals surface area contributed by atoms with E-state index in [1.807, 2.05) is 19.9 Å². The lowest BCUT2D eigenvalue weighted by Gasteiger charge is -2.39. The minimum Gasteiger partial charge on any atom is -0.373 e. The van der Waals surface area contributed by atoms with E-state index >= 15 is 0 Å². The van der Waals surface area contributed by atoms with Crippen LogP contribution in [0, 0.1) is 10.1 Å². The van der Waals surface area contributed by atoms with Crippen molar-refractivity contribution < 1.29 is 9.66 Å². The van der Waals surface area contributed by atoms with Gasteiger partial charge in [-0.05, 0) is 13.8 Å². The highest BCUT2D eigenvalue weighted by Gasteiger charge is 2.31. The van der Waals surface area contributed by atoms with E-state index in [4.69, 9.17) is 10.5 Å². The molecule has 6 nitrogen and oxygen atoms in total. The lowest BCUT2D eigenvalue weighted by atomic mass is 10.0. The molecule has 0 bridgehead atoms. The molecule has 0 aliphatic carbocycles. The molecule has 0 spiro atoms. The Morgan fingerprint density at radius 2 is 2.00 bits per heavy atom. The third-order valence-electron chi connectivity index (χ3n) is 3.60. The zero-order valence-corrected chi connectivity index (χ0v) is 11.9. The first-order chi connectivity index (χ1) is 9.52. The highest BCUT2D eigenvalue weighted by Crippen LogP contribution is 2.30. The lowest BCUT2D eigenvalue weighted by molar-refractivity contribution is -0.386. The van der Waals surface area contributed by atoms with Gasteiger partial charge in [0.1, 0.15) is 0 Å². The first-order valence-electron chi connectivity index (χ1n) is 6.85. The molecule has 1 aromatic rings. The Labute approximate surface area is 118 Å². The van der Waals surface area contributed by atoms with Crippen LogP contribution in [0.1, 0.15) is 25.5 Å². The summed E-state index contributed by atoms with van der Waals surface area (Å²) in [5.74, 6) is 0. The van der Waals surface area contributed by atoms with Crippen LogP contribution in [0.15, 0.2) is 24.3 Å². The molecular formula is C14H21N3O3. The van der Waals surface area contributed by atoms with Gasteiger partial charge in [0, 0.05) is 31.3 Å². The molecule has 110 valence electrons. The Bertz CT molecular complexity index is 470. The maximum Gasteiger partial charge on any atom is 0.274 e. The van der Waals surface area contributed by atoms with Crippen LogP contribution < -0.4 is 5.73 Å². The first kappa shape index (κ1) is 14.9. The number of nitrogens with two attached hydrogens (primary N) is 1. The maximum absolute atomic E-state index is 11.2. The number of ether oxygens (including phenoxy) is 1. The predicted octanol–water partition coefficient (Wildman–Crippen LogP) is 1.70. The zero-order chi connectivity index (χ0) is 14.7. The fraction of sp³-hybridized carbons (Fsp3) is 0.571. The third kappa shape index (κ3) is 3.15. The minimum absolute atomic E-state index is 0.107. The van der Waals surface area contributed by atoms with Crippen molar-refractivity contribution in [3.63, 3.8) is 0 Å². The van der Waals surface area contributed by atoms with Gasteiger partial charge in [-0.2, -0.15) is 0 Å². The summed E-state index contributed by atoms with van der Waals surface area (Å²) in [5.41, 5.74) is 6.71. The molecule has 1 aromatic carbocycles. The van der Waals surface area contributed by atoms with Crippen molar-refractivity contribution in [3.8, 4) is 0 Å². The van der Waals surface area contributed by atoms with Crippen LogP contribution in [-0.2, 0) is 4.74 Å². The topological polar surface area (TPSA) is 81.6 Å². The van der Waals surface area contributed by atoms with Crippen LogP contribution >= 0.6 is 0 Å². The summed E-state index contributed by atoms with van der Waals surface area (Å²) in [6.45, 7) is 5.84. The summed E-state index contributed by atoms with van der Waals surface area (Å²) in [7, 11) is 0. The molecule has 6 heteroatoms. The molecule has 1 aliphatic rings. The summed E-state index contributed by atoms with van der Waals surface area (Å²) in [6.07, 6.45) is 0.214. The van der Waals surface area contributed by atoms with E-state index < -0.39 is 0 Å². The number of benzene rings is 1. The smallest absolute Gasteiger partial charge is 0.274 e. The largest absolute Gasteiger partial charge is 0.373 e. The second-order valence-electron chi connectivity index (χ2n) is 5.28. The molecule has 2 N–H and O–H groups in total. The fourth-order valence-electron chi connectivity index (χ4n) is 2.88. The van der Waals surface area contributed by atoms with E-state index in [-0.39, 0.29) is 28.9 Å². The van der Waals surface area contributed by atoms with Crippen LogP contribution in [0.5, 0.6) is 0 Å². The van der Waals surface area contributed by atoms with Gasteiger partial charge in [0.25, 0.3) is 5.69 Å². The number of nitrogens with zero attached hydrogens (tertiary/aromatic N) is 2. The quantitative estimate of drug-likeness (QED) is 0.670. The molecule has 3 unspecified atom stereocenters. The average Bonchev–Trinajstić information content (AvgIpc) is 2.39. The summed E-state index contributed by atoms with van der Waals surface area (Å²) in [5, 5.41) is 11.2. The number of nitro groups is 1. The standard InChI is InChI=1S/C14H21N3O3/c1-10-8-16(9-11(2)20-10)14(7-15)12-5-3-4-6-13(12)17(18)19/h3-6,10-11,14H,7-9,15H2,1-2H3.